The standard InChI is InChI=1S/C14H20N2O3S/c1-20(18,19)13-6-2-11(3-7-13)10-16-14(17)8-9-15-12-4-5-12/h2-3,6-7,12,15H,4-5,8-10H2,1H3,(H,16,17). The summed E-state index contributed by atoms with van der Waals surface area (Å²) in [6, 6.07) is 7.18. The molecule has 1 aliphatic carbocycles. The average Bonchev–Trinajstić information content (AvgIpc) is 3.20. The van der Waals surface area contributed by atoms with Crippen molar-refractivity contribution in [3.63, 3.8) is 0 Å². The minimum atomic E-state index is -3.16. The van der Waals surface area contributed by atoms with E-state index >= 15 is 0 Å². The molecule has 0 atom stereocenters. The van der Waals surface area contributed by atoms with Gasteiger partial charge in [0.15, 0.2) is 9.84 Å². The fourth-order valence-electron chi connectivity index (χ4n) is 1.82. The van der Waals surface area contributed by atoms with Crippen molar-refractivity contribution in [2.45, 2.75) is 36.7 Å². The van der Waals surface area contributed by atoms with E-state index < -0.39 is 9.84 Å². The number of rotatable bonds is 7. The van der Waals surface area contributed by atoms with Crippen molar-refractivity contribution >= 4 is 15.7 Å². The van der Waals surface area contributed by atoms with Crippen LogP contribution in [-0.2, 0) is 21.2 Å². The molecular weight excluding hydrogens is 276 g/mol. The van der Waals surface area contributed by atoms with Gasteiger partial charge >= 0.3 is 0 Å². The van der Waals surface area contributed by atoms with Gasteiger partial charge in [-0.2, -0.15) is 0 Å². The van der Waals surface area contributed by atoms with Gasteiger partial charge in [0.1, 0.15) is 0 Å². The van der Waals surface area contributed by atoms with Gasteiger partial charge in [-0.15, -0.1) is 0 Å². The normalized spacial score (nSPS) is 15.1. The highest BCUT2D eigenvalue weighted by Crippen LogP contribution is 2.18. The molecule has 0 aromatic heterocycles. The summed E-state index contributed by atoms with van der Waals surface area (Å²) in [7, 11) is -3.16. The van der Waals surface area contributed by atoms with Crippen LogP contribution >= 0.6 is 0 Å². The molecule has 0 aliphatic heterocycles. The summed E-state index contributed by atoms with van der Waals surface area (Å²) in [5.41, 5.74) is 0.890. The Kier molecular flexibility index (Phi) is 4.77. The second-order valence-electron chi connectivity index (χ2n) is 5.17. The van der Waals surface area contributed by atoms with Gasteiger partial charge in [0.25, 0.3) is 0 Å². The topological polar surface area (TPSA) is 75.3 Å². The molecule has 1 fully saturated rings. The van der Waals surface area contributed by atoms with E-state index in [4.69, 9.17) is 0 Å². The Bertz CT molecular complexity index is 563. The highest BCUT2D eigenvalue weighted by Gasteiger charge is 2.19. The van der Waals surface area contributed by atoms with Crippen LogP contribution in [0.2, 0.25) is 0 Å². The molecule has 0 heterocycles. The molecule has 1 amide bonds. The van der Waals surface area contributed by atoms with Crippen molar-refractivity contribution < 1.29 is 13.2 Å². The molecule has 20 heavy (non-hydrogen) atoms. The zero-order valence-corrected chi connectivity index (χ0v) is 12.4. The lowest BCUT2D eigenvalue weighted by molar-refractivity contribution is -0.121. The first-order valence-corrected chi connectivity index (χ1v) is 8.63. The van der Waals surface area contributed by atoms with E-state index in [2.05, 4.69) is 10.6 Å². The molecule has 5 nitrogen and oxygen atoms in total. The van der Waals surface area contributed by atoms with Crippen LogP contribution in [0, 0.1) is 0 Å². The van der Waals surface area contributed by atoms with Crippen molar-refractivity contribution in [1.29, 1.82) is 0 Å². The van der Waals surface area contributed by atoms with Gasteiger partial charge < -0.3 is 10.6 Å². The number of sulfone groups is 1. The van der Waals surface area contributed by atoms with Crippen LogP contribution in [-0.4, -0.2) is 33.2 Å². The van der Waals surface area contributed by atoms with E-state index in [0.717, 1.165) is 5.56 Å². The maximum absolute atomic E-state index is 11.6. The van der Waals surface area contributed by atoms with Crippen LogP contribution in [0.15, 0.2) is 29.2 Å². The van der Waals surface area contributed by atoms with Crippen LogP contribution in [0.1, 0.15) is 24.8 Å². The first-order chi connectivity index (χ1) is 9.45. The predicted octanol–water partition coefficient (Wildman–Crippen LogP) is 0.848. The van der Waals surface area contributed by atoms with Gasteiger partial charge in [0, 0.05) is 31.8 Å². The third kappa shape index (κ3) is 4.94. The number of amides is 1. The fraction of sp³-hybridized carbons (Fsp3) is 0.500. The summed E-state index contributed by atoms with van der Waals surface area (Å²) in [5.74, 6) is 0.00494. The number of nitrogens with one attached hydrogen (secondary N) is 2. The number of carbonyl (C=O) groups excluding carboxylic acids is 1. The SMILES string of the molecule is CS(=O)(=O)c1ccc(CNC(=O)CCNC2CC2)cc1. The van der Waals surface area contributed by atoms with E-state index in [0.29, 0.717) is 30.4 Å². The minimum absolute atomic E-state index is 0.00494. The van der Waals surface area contributed by atoms with E-state index in [9.17, 15) is 13.2 Å². The average molecular weight is 296 g/mol. The molecular formula is C14H20N2O3S. The van der Waals surface area contributed by atoms with Gasteiger partial charge in [-0.25, -0.2) is 8.42 Å². The number of benzene rings is 1. The van der Waals surface area contributed by atoms with E-state index in [1.54, 1.807) is 24.3 Å². The first-order valence-electron chi connectivity index (χ1n) is 6.74. The van der Waals surface area contributed by atoms with Gasteiger partial charge in [-0.3, -0.25) is 4.79 Å². The van der Waals surface area contributed by atoms with E-state index in [1.807, 2.05) is 0 Å². The van der Waals surface area contributed by atoms with Crippen LogP contribution in [0.5, 0.6) is 0 Å². The molecule has 1 saturated carbocycles. The molecule has 0 bridgehead atoms. The summed E-state index contributed by atoms with van der Waals surface area (Å²) >= 11 is 0. The highest BCUT2D eigenvalue weighted by molar-refractivity contribution is 7.90. The van der Waals surface area contributed by atoms with Gasteiger partial charge in [-0.05, 0) is 30.5 Å². The third-order valence-electron chi connectivity index (χ3n) is 3.20. The molecule has 1 aromatic rings. The number of carbonyl (C=O) groups is 1. The molecule has 6 heteroatoms. The molecule has 0 radical (unpaired) electrons. The van der Waals surface area contributed by atoms with Crippen LogP contribution in [0.3, 0.4) is 0 Å². The zero-order chi connectivity index (χ0) is 14.6. The Morgan fingerprint density at radius 1 is 1.25 bits per heavy atom. The van der Waals surface area contributed by atoms with Gasteiger partial charge in [-0.1, -0.05) is 12.1 Å². The van der Waals surface area contributed by atoms with Gasteiger partial charge in [0.05, 0.1) is 4.90 Å². The summed E-state index contributed by atoms with van der Waals surface area (Å²) in [4.78, 5) is 11.9. The third-order valence-corrected chi connectivity index (χ3v) is 4.33. The van der Waals surface area contributed by atoms with Crippen molar-refractivity contribution in [2.24, 2.45) is 0 Å². The van der Waals surface area contributed by atoms with Crippen LogP contribution < -0.4 is 10.6 Å². The van der Waals surface area contributed by atoms with Crippen molar-refractivity contribution in [2.75, 3.05) is 12.8 Å². The van der Waals surface area contributed by atoms with Crippen LogP contribution in [0.25, 0.3) is 0 Å². The second-order valence-corrected chi connectivity index (χ2v) is 7.19. The van der Waals surface area contributed by atoms with Crippen molar-refractivity contribution in [3.05, 3.63) is 29.8 Å². The minimum Gasteiger partial charge on any atom is -0.352 e. The molecule has 2 rings (SSSR count). The molecule has 1 aliphatic rings. The smallest absolute Gasteiger partial charge is 0.221 e. The number of hydrogen-bond donors (Lipinski definition) is 2. The van der Waals surface area contributed by atoms with Gasteiger partial charge in [0.2, 0.25) is 5.91 Å². The lowest BCUT2D eigenvalue weighted by atomic mass is 10.2. The summed E-state index contributed by atoms with van der Waals surface area (Å²) in [6.07, 6.45) is 4.08. The quantitative estimate of drug-likeness (QED) is 0.782. The molecule has 2 N–H and O–H groups in total. The Balaban J connectivity index is 1.73. The Morgan fingerprint density at radius 2 is 1.90 bits per heavy atom. The lowest BCUT2D eigenvalue weighted by Gasteiger charge is -2.06. The second kappa shape index (κ2) is 6.37. The molecule has 110 valence electrons. The highest BCUT2D eigenvalue weighted by atomic mass is 32.2. The van der Waals surface area contributed by atoms with E-state index in [1.165, 1.54) is 19.1 Å². The summed E-state index contributed by atoms with van der Waals surface area (Å²) in [6.45, 7) is 1.13. The van der Waals surface area contributed by atoms with Crippen molar-refractivity contribution in [1.82, 2.24) is 10.6 Å². The first kappa shape index (κ1) is 15.0. The summed E-state index contributed by atoms with van der Waals surface area (Å²) in [5, 5.41) is 6.11. The maximum Gasteiger partial charge on any atom is 0.221 e. The predicted molar refractivity (Wildman–Crippen MR) is 77.0 cm³/mol. The molecule has 0 saturated heterocycles. The van der Waals surface area contributed by atoms with Crippen LogP contribution in [0.4, 0.5) is 0 Å². The Hall–Kier alpha value is -1.40. The maximum atomic E-state index is 11.6. The lowest BCUT2D eigenvalue weighted by Crippen LogP contribution is -2.28. The van der Waals surface area contributed by atoms with Crippen molar-refractivity contribution in [3.8, 4) is 0 Å². The molecule has 0 spiro atoms. The summed E-state index contributed by atoms with van der Waals surface area (Å²) < 4.78 is 22.6. The largest absolute Gasteiger partial charge is 0.352 e. The zero-order valence-electron chi connectivity index (χ0n) is 11.6. The monoisotopic (exact) mass is 296 g/mol. The van der Waals surface area contributed by atoms with E-state index in [-0.39, 0.29) is 5.91 Å². The Labute approximate surface area is 119 Å². The number of hydrogen-bond acceptors (Lipinski definition) is 4. The molecule has 1 aromatic carbocycles. The fourth-order valence-corrected chi connectivity index (χ4v) is 2.45. The molecule has 0 unspecified atom stereocenters. The Morgan fingerprint density at radius 3 is 2.45 bits per heavy atom.